The Balaban J connectivity index is 1.97. The van der Waals surface area contributed by atoms with E-state index in [1.165, 1.54) is 6.07 Å². The van der Waals surface area contributed by atoms with Gasteiger partial charge in [0.2, 0.25) is 0 Å². The average Bonchev–Trinajstić information content (AvgIpc) is 2.49. The Morgan fingerprint density at radius 2 is 1.73 bits per heavy atom. The molecular formula is C17H13Cl2NO2. The summed E-state index contributed by atoms with van der Waals surface area (Å²) < 4.78 is 7.42. The molecule has 0 amide bonds. The summed E-state index contributed by atoms with van der Waals surface area (Å²) in [5.74, 6) is 0.551. The van der Waals surface area contributed by atoms with Crippen LogP contribution in [-0.2, 0) is 13.7 Å². The topological polar surface area (TPSA) is 31.2 Å². The molecule has 1 aromatic heterocycles. The molecule has 0 atom stereocenters. The minimum absolute atomic E-state index is 0.113. The Bertz CT molecular complexity index is 883. The van der Waals surface area contributed by atoms with Crippen LogP contribution in [0.1, 0.15) is 5.56 Å². The second-order valence-electron chi connectivity index (χ2n) is 4.99. The molecule has 0 bridgehead atoms. The number of fused-ring (bicyclic) bond motifs is 1. The van der Waals surface area contributed by atoms with Crippen molar-refractivity contribution in [2.45, 2.75) is 6.61 Å². The summed E-state index contributed by atoms with van der Waals surface area (Å²) >= 11 is 12.0. The summed E-state index contributed by atoms with van der Waals surface area (Å²) in [7, 11) is 1.74. The first-order valence-electron chi connectivity index (χ1n) is 6.71. The molecule has 0 unspecified atom stereocenters. The molecule has 3 nitrogen and oxygen atoms in total. The molecule has 2 aromatic carbocycles. The Morgan fingerprint density at radius 1 is 1.05 bits per heavy atom. The van der Waals surface area contributed by atoms with Crippen LogP contribution in [0.4, 0.5) is 0 Å². The summed E-state index contributed by atoms with van der Waals surface area (Å²) in [6.45, 7) is 0.289. The van der Waals surface area contributed by atoms with Crippen molar-refractivity contribution >= 4 is 34.1 Å². The first-order valence-corrected chi connectivity index (χ1v) is 7.47. The number of hydrogen-bond acceptors (Lipinski definition) is 2. The van der Waals surface area contributed by atoms with E-state index in [2.05, 4.69) is 0 Å². The van der Waals surface area contributed by atoms with Crippen molar-refractivity contribution in [3.63, 3.8) is 0 Å². The predicted octanol–water partition coefficient (Wildman–Crippen LogP) is 4.42. The van der Waals surface area contributed by atoms with Crippen molar-refractivity contribution in [1.82, 2.24) is 4.57 Å². The Hall–Kier alpha value is -1.97. The molecule has 1 heterocycles. The highest BCUT2D eigenvalue weighted by Gasteiger charge is 2.08. The summed E-state index contributed by atoms with van der Waals surface area (Å²) in [5.41, 5.74) is 1.56. The molecule has 0 aliphatic carbocycles. The summed E-state index contributed by atoms with van der Waals surface area (Å²) in [4.78, 5) is 12.0. The van der Waals surface area contributed by atoms with Crippen LogP contribution in [-0.4, -0.2) is 4.57 Å². The number of aromatic nitrogens is 1. The van der Waals surface area contributed by atoms with Crippen LogP contribution in [0.15, 0.2) is 53.3 Å². The average molecular weight is 334 g/mol. The fourth-order valence-corrected chi connectivity index (χ4v) is 2.93. The van der Waals surface area contributed by atoms with Crippen molar-refractivity contribution in [3.05, 3.63) is 74.5 Å². The molecular weight excluding hydrogens is 321 g/mol. The van der Waals surface area contributed by atoms with Crippen LogP contribution >= 0.6 is 23.2 Å². The number of rotatable bonds is 3. The maximum Gasteiger partial charge on any atom is 0.254 e. The van der Waals surface area contributed by atoms with Gasteiger partial charge < -0.3 is 9.30 Å². The fraction of sp³-hybridized carbons (Fsp3) is 0.118. The third-order valence-corrected chi connectivity index (χ3v) is 3.87. The lowest BCUT2D eigenvalue weighted by Crippen LogP contribution is -2.16. The molecule has 0 radical (unpaired) electrons. The third kappa shape index (κ3) is 2.96. The van der Waals surface area contributed by atoms with Crippen molar-refractivity contribution in [2.24, 2.45) is 7.05 Å². The second kappa shape index (κ2) is 6.03. The normalized spacial score (nSPS) is 10.9. The number of pyridine rings is 1. The minimum atomic E-state index is -0.113. The maximum absolute atomic E-state index is 12.0. The van der Waals surface area contributed by atoms with Gasteiger partial charge in [-0.05, 0) is 35.9 Å². The van der Waals surface area contributed by atoms with Crippen LogP contribution < -0.4 is 10.3 Å². The van der Waals surface area contributed by atoms with Gasteiger partial charge in [0.15, 0.2) is 0 Å². The Morgan fingerprint density at radius 3 is 2.45 bits per heavy atom. The molecule has 22 heavy (non-hydrogen) atoms. The van der Waals surface area contributed by atoms with Gasteiger partial charge in [0.1, 0.15) is 12.4 Å². The lowest BCUT2D eigenvalue weighted by Gasteiger charge is -2.12. The predicted molar refractivity (Wildman–Crippen MR) is 90.0 cm³/mol. The van der Waals surface area contributed by atoms with E-state index in [0.29, 0.717) is 15.8 Å². The van der Waals surface area contributed by atoms with Gasteiger partial charge in [0.05, 0.1) is 5.52 Å². The van der Waals surface area contributed by atoms with E-state index in [1.807, 2.05) is 24.3 Å². The fourth-order valence-electron chi connectivity index (χ4n) is 2.35. The first kappa shape index (κ1) is 14.9. The number of nitrogens with zero attached hydrogens (tertiary/aromatic N) is 1. The van der Waals surface area contributed by atoms with Crippen molar-refractivity contribution in [1.29, 1.82) is 0 Å². The van der Waals surface area contributed by atoms with E-state index in [1.54, 1.807) is 29.8 Å². The van der Waals surface area contributed by atoms with E-state index in [9.17, 15) is 4.79 Å². The van der Waals surface area contributed by atoms with Gasteiger partial charge in [-0.15, -0.1) is 0 Å². The molecule has 0 saturated heterocycles. The Kier molecular flexibility index (Phi) is 4.10. The molecule has 0 fully saturated rings. The highest BCUT2D eigenvalue weighted by atomic mass is 35.5. The summed E-state index contributed by atoms with van der Waals surface area (Å²) in [5, 5.41) is 2.00. The summed E-state index contributed by atoms with van der Waals surface area (Å²) in [6.07, 6.45) is 0. The zero-order valence-corrected chi connectivity index (χ0v) is 13.4. The number of benzene rings is 2. The van der Waals surface area contributed by atoms with Crippen LogP contribution in [0.3, 0.4) is 0 Å². The van der Waals surface area contributed by atoms with Gasteiger partial charge in [0.25, 0.3) is 5.56 Å². The molecule has 3 rings (SSSR count). The summed E-state index contributed by atoms with van der Waals surface area (Å²) in [6, 6.07) is 14.4. The largest absolute Gasteiger partial charge is 0.488 e. The van der Waals surface area contributed by atoms with Crippen molar-refractivity contribution in [3.8, 4) is 5.75 Å². The van der Waals surface area contributed by atoms with E-state index in [0.717, 1.165) is 16.5 Å². The zero-order valence-electron chi connectivity index (χ0n) is 11.8. The van der Waals surface area contributed by atoms with Gasteiger partial charge >= 0.3 is 0 Å². The van der Waals surface area contributed by atoms with Crippen LogP contribution in [0, 0.1) is 0 Å². The molecule has 112 valence electrons. The zero-order chi connectivity index (χ0) is 15.7. The molecule has 0 aliphatic heterocycles. The SMILES string of the molecule is Cn1c(=O)cc(OCc2cc(Cl)cc(Cl)c2)c2ccccc21. The van der Waals surface area contributed by atoms with Gasteiger partial charge in [-0.2, -0.15) is 0 Å². The monoisotopic (exact) mass is 333 g/mol. The Labute approximate surface area is 137 Å². The quantitative estimate of drug-likeness (QED) is 0.710. The number of aryl methyl sites for hydroxylation is 1. The lowest BCUT2D eigenvalue weighted by molar-refractivity contribution is 0.309. The molecule has 0 saturated carbocycles. The van der Waals surface area contributed by atoms with E-state index in [4.69, 9.17) is 27.9 Å². The molecule has 0 N–H and O–H groups in total. The molecule has 0 spiro atoms. The smallest absolute Gasteiger partial charge is 0.254 e. The van der Waals surface area contributed by atoms with E-state index in [-0.39, 0.29) is 12.2 Å². The van der Waals surface area contributed by atoms with Crippen molar-refractivity contribution < 1.29 is 4.74 Å². The molecule has 5 heteroatoms. The molecule has 3 aromatic rings. The maximum atomic E-state index is 12.0. The minimum Gasteiger partial charge on any atom is -0.488 e. The second-order valence-corrected chi connectivity index (χ2v) is 5.86. The number of para-hydroxylation sites is 1. The molecule has 0 aliphatic rings. The van der Waals surface area contributed by atoms with Gasteiger partial charge in [-0.25, -0.2) is 0 Å². The highest BCUT2D eigenvalue weighted by Crippen LogP contribution is 2.25. The number of ether oxygens (including phenoxy) is 1. The number of hydrogen-bond donors (Lipinski definition) is 0. The van der Waals surface area contributed by atoms with E-state index < -0.39 is 0 Å². The highest BCUT2D eigenvalue weighted by molar-refractivity contribution is 6.34. The standard InChI is InChI=1S/C17H13Cl2NO2/c1-20-15-5-3-2-4-14(15)16(9-17(20)21)22-10-11-6-12(18)8-13(19)7-11/h2-9H,10H2,1H3. The van der Waals surface area contributed by atoms with Crippen LogP contribution in [0.5, 0.6) is 5.75 Å². The van der Waals surface area contributed by atoms with Gasteiger partial charge in [-0.3, -0.25) is 4.79 Å². The first-order chi connectivity index (χ1) is 10.5. The third-order valence-electron chi connectivity index (χ3n) is 3.43. The van der Waals surface area contributed by atoms with Gasteiger partial charge in [0, 0.05) is 28.5 Å². The van der Waals surface area contributed by atoms with Crippen molar-refractivity contribution in [2.75, 3.05) is 0 Å². The van der Waals surface area contributed by atoms with E-state index >= 15 is 0 Å². The van der Waals surface area contributed by atoms with Crippen LogP contribution in [0.2, 0.25) is 10.0 Å². The number of halogens is 2. The lowest BCUT2D eigenvalue weighted by atomic mass is 10.2. The van der Waals surface area contributed by atoms with Gasteiger partial charge in [-0.1, -0.05) is 35.3 Å². The van der Waals surface area contributed by atoms with Crippen LogP contribution in [0.25, 0.3) is 10.9 Å².